The Hall–Kier alpha value is -2.39. The zero-order valence-electron chi connectivity index (χ0n) is 17.0. The van der Waals surface area contributed by atoms with Gasteiger partial charge < -0.3 is 19.3 Å². The summed E-state index contributed by atoms with van der Waals surface area (Å²) < 4.78 is 11.8. The quantitative estimate of drug-likeness (QED) is 0.454. The van der Waals surface area contributed by atoms with Crippen LogP contribution in [0.5, 0.6) is 11.5 Å². The monoisotopic (exact) mass is 505 g/mol. The van der Waals surface area contributed by atoms with Crippen LogP contribution in [0.2, 0.25) is 0 Å². The number of anilines is 1. The van der Waals surface area contributed by atoms with Crippen molar-refractivity contribution in [1.29, 1.82) is 0 Å². The molecule has 0 saturated heterocycles. The third-order valence-electron chi connectivity index (χ3n) is 4.64. The predicted octanol–water partition coefficient (Wildman–Crippen LogP) is 4.07. The summed E-state index contributed by atoms with van der Waals surface area (Å²) in [7, 11) is 7.10. The fourth-order valence-corrected chi connectivity index (χ4v) is 3.84. The number of para-hydroxylation sites is 1. The minimum Gasteiger partial charge on any atom is -0.493 e. The summed E-state index contributed by atoms with van der Waals surface area (Å²) in [5.74, 6) is 0.837. The lowest BCUT2D eigenvalue weighted by molar-refractivity contribution is 0.0981. The van der Waals surface area contributed by atoms with Gasteiger partial charge in [0, 0.05) is 28.2 Å². The molecular formula is C22H24IN3O3. The molecule has 1 amide bonds. The second-order valence-electron chi connectivity index (χ2n) is 6.77. The van der Waals surface area contributed by atoms with Crippen LogP contribution in [-0.2, 0) is 0 Å². The molecule has 29 heavy (non-hydrogen) atoms. The van der Waals surface area contributed by atoms with Crippen LogP contribution in [0.4, 0.5) is 5.69 Å². The van der Waals surface area contributed by atoms with Crippen molar-refractivity contribution in [2.24, 2.45) is 0 Å². The molecule has 2 aromatic carbocycles. The van der Waals surface area contributed by atoms with Crippen molar-refractivity contribution < 1.29 is 14.3 Å². The highest BCUT2D eigenvalue weighted by Crippen LogP contribution is 2.36. The lowest BCUT2D eigenvalue weighted by Crippen LogP contribution is -2.37. The van der Waals surface area contributed by atoms with E-state index >= 15 is 0 Å². The molecule has 3 rings (SSSR count). The first-order valence-corrected chi connectivity index (χ1v) is 10.3. The van der Waals surface area contributed by atoms with Gasteiger partial charge in [-0.25, -0.2) is 0 Å². The van der Waals surface area contributed by atoms with Gasteiger partial charge in [0.1, 0.15) is 0 Å². The van der Waals surface area contributed by atoms with Gasteiger partial charge in [0.05, 0.1) is 31.0 Å². The number of nitrogens with zero attached hydrogens (tertiary/aromatic N) is 3. The number of pyridine rings is 1. The van der Waals surface area contributed by atoms with E-state index in [0.717, 1.165) is 20.2 Å². The molecule has 0 atom stereocenters. The number of ether oxygens (including phenoxy) is 2. The first-order valence-electron chi connectivity index (χ1n) is 9.18. The molecule has 1 aromatic heterocycles. The molecule has 1 heterocycles. The molecule has 0 fully saturated rings. The van der Waals surface area contributed by atoms with E-state index in [1.807, 2.05) is 56.6 Å². The first-order chi connectivity index (χ1) is 14.0. The van der Waals surface area contributed by atoms with Crippen molar-refractivity contribution in [1.82, 2.24) is 9.88 Å². The highest BCUT2D eigenvalue weighted by atomic mass is 127. The maximum Gasteiger partial charge on any atom is 0.263 e. The Morgan fingerprint density at radius 1 is 1.03 bits per heavy atom. The second-order valence-corrected chi connectivity index (χ2v) is 7.93. The van der Waals surface area contributed by atoms with Crippen LogP contribution in [0.15, 0.2) is 48.7 Å². The van der Waals surface area contributed by atoms with Crippen LogP contribution >= 0.6 is 22.6 Å². The summed E-state index contributed by atoms with van der Waals surface area (Å²) >= 11 is 2.16. The number of rotatable bonds is 7. The summed E-state index contributed by atoms with van der Waals surface area (Å²) in [5.41, 5.74) is 2.16. The van der Waals surface area contributed by atoms with Gasteiger partial charge in [-0.05, 0) is 61.0 Å². The SMILES string of the molecule is COc1ccc(I)c(C(=O)N(CCN(C)C)c2ccnc3ccccc23)c1OC. The highest BCUT2D eigenvalue weighted by molar-refractivity contribution is 14.1. The molecule has 0 aliphatic carbocycles. The second kappa shape index (κ2) is 9.41. The summed E-state index contributed by atoms with van der Waals surface area (Å²) in [6.45, 7) is 1.24. The standard InChI is InChI=1S/C22H24IN3O3/c1-25(2)13-14-26(18-11-12-24-17-8-6-5-7-15(17)18)22(27)20-16(23)9-10-19(28-3)21(20)29-4/h5-12H,13-14H2,1-4H3. The number of amides is 1. The van der Waals surface area contributed by atoms with Crippen LogP contribution in [0.3, 0.4) is 0 Å². The lowest BCUT2D eigenvalue weighted by Gasteiger charge is -2.27. The van der Waals surface area contributed by atoms with Gasteiger partial charge >= 0.3 is 0 Å². The average Bonchev–Trinajstić information content (AvgIpc) is 2.73. The Morgan fingerprint density at radius 3 is 2.48 bits per heavy atom. The van der Waals surface area contributed by atoms with E-state index in [4.69, 9.17) is 9.47 Å². The third-order valence-corrected chi connectivity index (χ3v) is 5.54. The van der Waals surface area contributed by atoms with E-state index < -0.39 is 0 Å². The van der Waals surface area contributed by atoms with Crippen molar-refractivity contribution in [2.45, 2.75) is 0 Å². The third kappa shape index (κ3) is 4.45. The normalized spacial score (nSPS) is 11.0. The number of aromatic nitrogens is 1. The van der Waals surface area contributed by atoms with E-state index in [-0.39, 0.29) is 5.91 Å². The Bertz CT molecular complexity index is 1020. The van der Waals surface area contributed by atoms with Crippen LogP contribution in [-0.4, -0.2) is 57.2 Å². The fraction of sp³-hybridized carbons (Fsp3) is 0.273. The number of halogens is 1. The van der Waals surface area contributed by atoms with Gasteiger partial charge in [0.25, 0.3) is 5.91 Å². The van der Waals surface area contributed by atoms with E-state index in [0.29, 0.717) is 30.2 Å². The number of methoxy groups -OCH3 is 2. The molecule has 0 saturated carbocycles. The first kappa shape index (κ1) is 21.3. The number of carbonyl (C=O) groups excluding carboxylic acids is 1. The molecule has 3 aromatic rings. The van der Waals surface area contributed by atoms with Gasteiger partial charge in [-0.2, -0.15) is 0 Å². The highest BCUT2D eigenvalue weighted by Gasteiger charge is 2.27. The number of likely N-dealkylation sites (N-methyl/N-ethyl adjacent to an activating group) is 1. The molecule has 152 valence electrons. The van der Waals surface area contributed by atoms with Gasteiger partial charge in [0.2, 0.25) is 0 Å². The largest absolute Gasteiger partial charge is 0.493 e. The van der Waals surface area contributed by atoms with Crippen molar-refractivity contribution in [3.63, 3.8) is 0 Å². The summed E-state index contributed by atoms with van der Waals surface area (Å²) in [6.07, 6.45) is 1.74. The zero-order valence-corrected chi connectivity index (χ0v) is 19.1. The maximum atomic E-state index is 13.8. The van der Waals surface area contributed by atoms with Crippen LogP contribution < -0.4 is 14.4 Å². The van der Waals surface area contributed by atoms with E-state index in [1.165, 1.54) is 0 Å². The molecular weight excluding hydrogens is 481 g/mol. The smallest absolute Gasteiger partial charge is 0.263 e. The number of fused-ring (bicyclic) bond motifs is 1. The van der Waals surface area contributed by atoms with Crippen LogP contribution in [0, 0.1) is 3.57 Å². The van der Waals surface area contributed by atoms with Crippen molar-refractivity contribution in [3.8, 4) is 11.5 Å². The molecule has 0 spiro atoms. The number of benzene rings is 2. The Labute approximate surface area is 184 Å². The Balaban J connectivity index is 2.17. The number of hydrogen-bond donors (Lipinski definition) is 0. The topological polar surface area (TPSA) is 54.9 Å². The predicted molar refractivity (Wildman–Crippen MR) is 124 cm³/mol. The Morgan fingerprint density at radius 2 is 1.79 bits per heavy atom. The molecule has 0 N–H and O–H groups in total. The van der Waals surface area contributed by atoms with E-state index in [9.17, 15) is 4.79 Å². The molecule has 0 aliphatic heterocycles. The van der Waals surface area contributed by atoms with Crippen LogP contribution in [0.25, 0.3) is 10.9 Å². The van der Waals surface area contributed by atoms with Gasteiger partial charge in [-0.15, -0.1) is 0 Å². The molecule has 6 nitrogen and oxygen atoms in total. The minimum absolute atomic E-state index is 0.136. The molecule has 0 radical (unpaired) electrons. The van der Waals surface area contributed by atoms with Gasteiger partial charge in [0.15, 0.2) is 11.5 Å². The lowest BCUT2D eigenvalue weighted by atomic mass is 10.1. The molecule has 0 unspecified atom stereocenters. The molecule has 7 heteroatoms. The van der Waals surface area contributed by atoms with Crippen LogP contribution in [0.1, 0.15) is 10.4 Å². The van der Waals surface area contributed by atoms with Crippen molar-refractivity contribution in [3.05, 3.63) is 57.8 Å². The van der Waals surface area contributed by atoms with E-state index in [1.54, 1.807) is 25.3 Å². The summed E-state index contributed by atoms with van der Waals surface area (Å²) in [5, 5.41) is 0.930. The van der Waals surface area contributed by atoms with Crippen molar-refractivity contribution >= 4 is 45.1 Å². The zero-order chi connectivity index (χ0) is 21.0. The molecule has 0 bridgehead atoms. The average molecular weight is 505 g/mol. The van der Waals surface area contributed by atoms with Gasteiger partial charge in [-0.3, -0.25) is 9.78 Å². The number of hydrogen-bond acceptors (Lipinski definition) is 5. The van der Waals surface area contributed by atoms with E-state index in [2.05, 4.69) is 32.5 Å². The maximum absolute atomic E-state index is 13.8. The minimum atomic E-state index is -0.136. The fourth-order valence-electron chi connectivity index (χ4n) is 3.18. The summed E-state index contributed by atoms with van der Waals surface area (Å²) in [6, 6.07) is 13.4. The number of carbonyl (C=O) groups is 1. The van der Waals surface area contributed by atoms with Crippen molar-refractivity contribution in [2.75, 3.05) is 46.3 Å². The Kier molecular flexibility index (Phi) is 6.92. The summed E-state index contributed by atoms with van der Waals surface area (Å²) in [4.78, 5) is 22.1. The van der Waals surface area contributed by atoms with Gasteiger partial charge in [-0.1, -0.05) is 18.2 Å². The molecule has 0 aliphatic rings.